The third-order valence-corrected chi connectivity index (χ3v) is 7.99. The van der Waals surface area contributed by atoms with Crippen LogP contribution in [-0.2, 0) is 22.5 Å². The minimum atomic E-state index is -0.152. The van der Waals surface area contributed by atoms with Gasteiger partial charge < -0.3 is 14.0 Å². The van der Waals surface area contributed by atoms with Gasteiger partial charge in [0, 0.05) is 12.0 Å². The van der Waals surface area contributed by atoms with Gasteiger partial charge in [-0.2, -0.15) is 0 Å². The number of hydrogen-bond acceptors (Lipinski definition) is 3. The van der Waals surface area contributed by atoms with E-state index in [0.717, 1.165) is 29.7 Å². The SMILES string of the molecule is CCCCCCCCCCCCCCc1ccccc1OC(C)CCOC(=O)C(C)C[N+](C)(C)Cc1ccccc1. The van der Waals surface area contributed by atoms with Crippen molar-refractivity contribution in [2.75, 3.05) is 27.2 Å². The van der Waals surface area contributed by atoms with Crippen LogP contribution in [0.3, 0.4) is 0 Å². The van der Waals surface area contributed by atoms with E-state index in [9.17, 15) is 4.79 Å². The van der Waals surface area contributed by atoms with E-state index in [1.54, 1.807) is 0 Å². The molecular formula is C37H60NO3+. The molecule has 0 saturated heterocycles. The van der Waals surface area contributed by atoms with Gasteiger partial charge in [0.15, 0.2) is 0 Å². The number of benzene rings is 2. The van der Waals surface area contributed by atoms with Gasteiger partial charge in [-0.3, -0.25) is 4.79 Å². The molecule has 0 aromatic heterocycles. The molecule has 2 rings (SSSR count). The molecule has 4 heteroatoms. The van der Waals surface area contributed by atoms with E-state index < -0.39 is 0 Å². The van der Waals surface area contributed by atoms with Gasteiger partial charge in [-0.05, 0) is 38.3 Å². The van der Waals surface area contributed by atoms with Crippen molar-refractivity contribution < 1.29 is 18.8 Å². The fourth-order valence-electron chi connectivity index (χ4n) is 5.68. The highest BCUT2D eigenvalue weighted by atomic mass is 16.5. The van der Waals surface area contributed by atoms with Crippen LogP contribution in [0.15, 0.2) is 54.6 Å². The Hall–Kier alpha value is -2.33. The quantitative estimate of drug-likeness (QED) is 0.0763. The lowest BCUT2D eigenvalue weighted by molar-refractivity contribution is -0.905. The number of quaternary nitrogens is 1. The normalized spacial score (nSPS) is 13.1. The van der Waals surface area contributed by atoms with Crippen molar-refractivity contribution in [2.24, 2.45) is 5.92 Å². The van der Waals surface area contributed by atoms with Crippen LogP contribution in [0.25, 0.3) is 0 Å². The van der Waals surface area contributed by atoms with Gasteiger partial charge in [-0.25, -0.2) is 0 Å². The van der Waals surface area contributed by atoms with Crippen LogP contribution in [0.5, 0.6) is 5.75 Å². The minimum Gasteiger partial charge on any atom is -0.490 e. The Balaban J connectivity index is 1.61. The molecule has 0 bridgehead atoms. The first-order chi connectivity index (χ1) is 19.8. The van der Waals surface area contributed by atoms with Gasteiger partial charge >= 0.3 is 5.97 Å². The van der Waals surface area contributed by atoms with Gasteiger partial charge in [0.1, 0.15) is 18.2 Å². The van der Waals surface area contributed by atoms with Crippen LogP contribution in [0, 0.1) is 5.92 Å². The van der Waals surface area contributed by atoms with Crippen LogP contribution < -0.4 is 4.74 Å². The molecule has 2 aromatic carbocycles. The maximum atomic E-state index is 12.7. The van der Waals surface area contributed by atoms with E-state index in [-0.39, 0.29) is 18.0 Å². The first-order valence-electron chi connectivity index (χ1n) is 16.6. The first kappa shape index (κ1) is 34.9. The lowest BCUT2D eigenvalue weighted by atomic mass is 10.0. The van der Waals surface area contributed by atoms with Crippen molar-refractivity contribution in [3.05, 3.63) is 65.7 Å². The Morgan fingerprint density at radius 3 is 1.95 bits per heavy atom. The summed E-state index contributed by atoms with van der Waals surface area (Å²) in [4.78, 5) is 12.7. The summed E-state index contributed by atoms with van der Waals surface area (Å²) in [5.41, 5.74) is 2.57. The number of hydrogen-bond donors (Lipinski definition) is 0. The summed E-state index contributed by atoms with van der Waals surface area (Å²) in [5, 5.41) is 0. The largest absolute Gasteiger partial charge is 0.490 e. The zero-order valence-corrected chi connectivity index (χ0v) is 27.0. The molecule has 0 N–H and O–H groups in total. The Kier molecular flexibility index (Phi) is 17.5. The molecule has 41 heavy (non-hydrogen) atoms. The van der Waals surface area contributed by atoms with Crippen molar-refractivity contribution in [1.29, 1.82) is 0 Å². The molecular weight excluding hydrogens is 506 g/mol. The molecule has 0 fully saturated rings. The summed E-state index contributed by atoms with van der Waals surface area (Å²) in [6, 6.07) is 18.9. The van der Waals surface area contributed by atoms with Crippen molar-refractivity contribution >= 4 is 5.97 Å². The molecule has 2 aromatic rings. The van der Waals surface area contributed by atoms with Gasteiger partial charge in [0.05, 0.1) is 33.4 Å². The van der Waals surface area contributed by atoms with E-state index >= 15 is 0 Å². The van der Waals surface area contributed by atoms with Crippen LogP contribution in [0.4, 0.5) is 0 Å². The molecule has 0 radical (unpaired) electrons. The third kappa shape index (κ3) is 16.0. The number of unbranched alkanes of at least 4 members (excludes halogenated alkanes) is 11. The molecule has 2 atom stereocenters. The topological polar surface area (TPSA) is 35.5 Å². The van der Waals surface area contributed by atoms with E-state index in [2.05, 4.69) is 70.4 Å². The predicted octanol–water partition coefficient (Wildman–Crippen LogP) is 9.54. The summed E-state index contributed by atoms with van der Waals surface area (Å²) < 4.78 is 12.7. The summed E-state index contributed by atoms with van der Waals surface area (Å²) in [6.45, 7) is 8.34. The number of nitrogens with zero attached hydrogens (tertiary/aromatic N) is 1. The fourth-order valence-corrected chi connectivity index (χ4v) is 5.68. The number of esters is 1. The lowest BCUT2D eigenvalue weighted by Crippen LogP contribution is -2.44. The lowest BCUT2D eigenvalue weighted by Gasteiger charge is -2.32. The molecule has 4 nitrogen and oxygen atoms in total. The molecule has 230 valence electrons. The van der Waals surface area contributed by atoms with Crippen molar-refractivity contribution in [3.8, 4) is 5.75 Å². The number of carbonyl (C=O) groups is 1. The van der Waals surface area contributed by atoms with Crippen LogP contribution in [-0.4, -0.2) is 43.8 Å². The molecule has 0 aliphatic rings. The second-order valence-electron chi connectivity index (χ2n) is 12.8. The highest BCUT2D eigenvalue weighted by Gasteiger charge is 2.25. The van der Waals surface area contributed by atoms with Crippen molar-refractivity contribution in [3.63, 3.8) is 0 Å². The second-order valence-corrected chi connectivity index (χ2v) is 12.8. The zero-order chi connectivity index (χ0) is 29.8. The monoisotopic (exact) mass is 566 g/mol. The number of rotatable bonds is 23. The third-order valence-electron chi connectivity index (χ3n) is 7.99. The predicted molar refractivity (Wildman–Crippen MR) is 173 cm³/mol. The average molecular weight is 567 g/mol. The Morgan fingerprint density at radius 2 is 1.32 bits per heavy atom. The molecule has 0 aliphatic heterocycles. The number of para-hydroxylation sites is 1. The minimum absolute atomic E-state index is 0.00784. The van der Waals surface area contributed by atoms with Crippen LogP contribution >= 0.6 is 0 Å². The van der Waals surface area contributed by atoms with Crippen molar-refractivity contribution in [1.82, 2.24) is 0 Å². The summed E-state index contributed by atoms with van der Waals surface area (Å²) in [5.74, 6) is 0.702. The standard InChI is InChI=1S/C37H60NO3/c1-6-7-8-9-10-11-12-13-14-15-16-20-25-35-26-21-22-27-36(35)41-33(3)28-29-40-37(39)32(2)30-38(4,5)31-34-23-18-17-19-24-34/h17-19,21-24,26-27,32-33H,6-16,20,25,28-31H2,1-5H3/q+1. The van der Waals surface area contributed by atoms with Gasteiger partial charge in [-0.15, -0.1) is 0 Å². The Bertz CT molecular complexity index is 942. The smallest absolute Gasteiger partial charge is 0.314 e. The highest BCUT2D eigenvalue weighted by molar-refractivity contribution is 5.72. The molecule has 0 saturated carbocycles. The highest BCUT2D eigenvalue weighted by Crippen LogP contribution is 2.23. The molecule has 0 amide bonds. The van der Waals surface area contributed by atoms with Crippen LogP contribution in [0.2, 0.25) is 0 Å². The molecule has 2 unspecified atom stereocenters. The van der Waals surface area contributed by atoms with Crippen molar-refractivity contribution in [2.45, 2.75) is 123 Å². The molecule has 0 spiro atoms. The second kappa shape index (κ2) is 20.5. The first-order valence-corrected chi connectivity index (χ1v) is 16.6. The number of carbonyl (C=O) groups excluding carboxylic acids is 1. The zero-order valence-electron chi connectivity index (χ0n) is 27.0. The molecule has 0 aliphatic carbocycles. The maximum absolute atomic E-state index is 12.7. The van der Waals surface area contributed by atoms with E-state index in [0.29, 0.717) is 13.0 Å². The van der Waals surface area contributed by atoms with Crippen LogP contribution in [0.1, 0.15) is 115 Å². The summed E-state index contributed by atoms with van der Waals surface area (Å²) >= 11 is 0. The maximum Gasteiger partial charge on any atom is 0.314 e. The average Bonchev–Trinajstić information content (AvgIpc) is 2.94. The number of ether oxygens (including phenoxy) is 2. The Labute approximate surface area is 252 Å². The number of aryl methyl sites for hydroxylation is 1. The van der Waals surface area contributed by atoms with E-state index in [1.165, 1.54) is 88.2 Å². The summed E-state index contributed by atoms with van der Waals surface area (Å²) in [7, 11) is 4.34. The van der Waals surface area contributed by atoms with Gasteiger partial charge in [0.2, 0.25) is 0 Å². The van der Waals surface area contributed by atoms with E-state index in [1.807, 2.05) is 19.1 Å². The van der Waals surface area contributed by atoms with E-state index in [4.69, 9.17) is 9.47 Å². The summed E-state index contributed by atoms with van der Waals surface area (Å²) in [6.07, 6.45) is 18.1. The Morgan fingerprint density at radius 1 is 0.756 bits per heavy atom. The molecule has 0 heterocycles. The fraction of sp³-hybridized carbons (Fsp3) is 0.649. The van der Waals surface area contributed by atoms with Gasteiger partial charge in [-0.1, -0.05) is 126 Å². The van der Waals surface area contributed by atoms with Gasteiger partial charge in [0.25, 0.3) is 0 Å².